The van der Waals surface area contributed by atoms with E-state index < -0.39 is 5.91 Å². The van der Waals surface area contributed by atoms with Crippen molar-refractivity contribution in [3.05, 3.63) is 75.7 Å². The third-order valence-electron chi connectivity index (χ3n) is 4.70. The van der Waals surface area contributed by atoms with E-state index in [1.807, 2.05) is 24.3 Å². The highest BCUT2D eigenvalue weighted by atomic mass is 35.5. The summed E-state index contributed by atoms with van der Waals surface area (Å²) in [5.74, 6) is 0.153. The maximum absolute atomic E-state index is 12.1. The smallest absolute Gasteiger partial charge is 0.286 e. The number of nitrogens with zero attached hydrogens (tertiary/aromatic N) is 1. The number of rotatable bonds is 5. The van der Waals surface area contributed by atoms with Crippen LogP contribution in [-0.4, -0.2) is 24.1 Å². The van der Waals surface area contributed by atoms with Crippen molar-refractivity contribution in [2.24, 2.45) is 4.99 Å². The number of carbonyl (C=O) groups is 2. The standard InChI is InChI=1S/C24H19ClN2O4S/c1-14(28)26-24-27-23(29)21(32-24)12-15-10-19(25)22(20(11-15)30-2)31-13-17-8-5-7-16-6-3-4-9-18(16)17/h3-12H,13H2,1-2H3,(H,26,27,28,29)/b21-12-. The molecule has 8 heteroatoms. The summed E-state index contributed by atoms with van der Waals surface area (Å²) in [6.07, 6.45) is 1.65. The van der Waals surface area contributed by atoms with Gasteiger partial charge in [0.1, 0.15) is 6.61 Å². The third-order valence-corrected chi connectivity index (χ3v) is 5.88. The Labute approximate surface area is 194 Å². The van der Waals surface area contributed by atoms with Crippen LogP contribution in [0.2, 0.25) is 5.02 Å². The van der Waals surface area contributed by atoms with Gasteiger partial charge in [-0.2, -0.15) is 4.99 Å². The van der Waals surface area contributed by atoms with Gasteiger partial charge in [-0.1, -0.05) is 54.1 Å². The number of halogens is 1. The van der Waals surface area contributed by atoms with Gasteiger partial charge in [-0.05, 0) is 51.9 Å². The Bertz CT molecular complexity index is 1280. The average Bonchev–Trinajstić information content (AvgIpc) is 3.10. The summed E-state index contributed by atoms with van der Waals surface area (Å²) in [5, 5.41) is 5.37. The highest BCUT2D eigenvalue weighted by Gasteiger charge is 2.23. The first-order valence-corrected chi connectivity index (χ1v) is 10.9. The van der Waals surface area contributed by atoms with Crippen LogP contribution in [0.3, 0.4) is 0 Å². The molecule has 3 aromatic rings. The molecule has 1 aliphatic heterocycles. The molecule has 0 aliphatic carbocycles. The molecule has 0 fully saturated rings. The normalized spacial score (nSPS) is 14.5. The van der Waals surface area contributed by atoms with Crippen molar-refractivity contribution in [2.75, 3.05) is 7.11 Å². The second-order valence-electron chi connectivity index (χ2n) is 6.98. The van der Waals surface area contributed by atoms with Crippen molar-refractivity contribution >= 4 is 57.2 Å². The number of amidine groups is 1. The number of aliphatic imine (C=N–C) groups is 1. The fourth-order valence-corrected chi connectivity index (χ4v) is 4.43. The quantitative estimate of drug-likeness (QED) is 0.524. The van der Waals surface area contributed by atoms with E-state index in [9.17, 15) is 9.59 Å². The van der Waals surface area contributed by atoms with Gasteiger partial charge in [-0.3, -0.25) is 9.59 Å². The molecule has 0 unspecified atom stereocenters. The molecule has 0 radical (unpaired) electrons. The number of hydrogen-bond donors (Lipinski definition) is 1. The molecular weight excluding hydrogens is 448 g/mol. The average molecular weight is 467 g/mol. The molecule has 162 valence electrons. The zero-order chi connectivity index (χ0) is 22.7. The van der Waals surface area contributed by atoms with Gasteiger partial charge in [0, 0.05) is 6.92 Å². The number of ether oxygens (including phenoxy) is 2. The predicted molar refractivity (Wildman–Crippen MR) is 128 cm³/mol. The molecule has 0 atom stereocenters. The second-order valence-corrected chi connectivity index (χ2v) is 8.41. The Hall–Kier alpha value is -3.29. The molecule has 1 aliphatic rings. The van der Waals surface area contributed by atoms with Gasteiger partial charge in [0.15, 0.2) is 16.7 Å². The van der Waals surface area contributed by atoms with Crippen molar-refractivity contribution in [3.63, 3.8) is 0 Å². The van der Waals surface area contributed by atoms with Gasteiger partial charge >= 0.3 is 0 Å². The lowest BCUT2D eigenvalue weighted by atomic mass is 10.1. The van der Waals surface area contributed by atoms with Gasteiger partial charge in [-0.25, -0.2) is 0 Å². The molecule has 0 bridgehead atoms. The number of amides is 2. The lowest BCUT2D eigenvalue weighted by Gasteiger charge is -2.14. The number of carbonyl (C=O) groups excluding carboxylic acids is 2. The van der Waals surface area contributed by atoms with Gasteiger partial charge in [0.05, 0.1) is 17.0 Å². The van der Waals surface area contributed by atoms with E-state index in [0.29, 0.717) is 33.6 Å². The van der Waals surface area contributed by atoms with E-state index in [0.717, 1.165) is 28.1 Å². The number of fused-ring (bicyclic) bond motifs is 1. The van der Waals surface area contributed by atoms with Crippen LogP contribution in [0, 0.1) is 0 Å². The number of methoxy groups -OCH3 is 1. The number of hydrogen-bond acceptors (Lipinski definition) is 5. The van der Waals surface area contributed by atoms with Gasteiger partial charge < -0.3 is 14.8 Å². The predicted octanol–water partition coefficient (Wildman–Crippen LogP) is 5.19. The molecule has 0 spiro atoms. The Morgan fingerprint density at radius 3 is 2.75 bits per heavy atom. The zero-order valence-corrected chi connectivity index (χ0v) is 18.9. The van der Waals surface area contributed by atoms with E-state index in [-0.39, 0.29) is 11.1 Å². The van der Waals surface area contributed by atoms with Crippen LogP contribution >= 0.6 is 23.4 Å². The van der Waals surface area contributed by atoms with Crippen molar-refractivity contribution in [1.29, 1.82) is 0 Å². The molecule has 0 aromatic heterocycles. The van der Waals surface area contributed by atoms with Gasteiger partial charge in [0.25, 0.3) is 5.91 Å². The Kier molecular flexibility index (Phi) is 6.48. The van der Waals surface area contributed by atoms with Crippen molar-refractivity contribution in [3.8, 4) is 11.5 Å². The molecule has 0 saturated heterocycles. The molecule has 0 saturated carbocycles. The topological polar surface area (TPSA) is 77.0 Å². The highest BCUT2D eigenvalue weighted by molar-refractivity contribution is 8.18. The van der Waals surface area contributed by atoms with Gasteiger partial charge in [0.2, 0.25) is 5.91 Å². The SMILES string of the molecule is COc1cc(/C=C2\SC(NC(C)=O)=NC2=O)cc(Cl)c1OCc1cccc2ccccc12. The first kappa shape index (κ1) is 21.9. The summed E-state index contributed by atoms with van der Waals surface area (Å²) in [4.78, 5) is 27.5. The molecular formula is C24H19ClN2O4S. The minimum atomic E-state index is -0.426. The first-order chi connectivity index (χ1) is 15.4. The maximum Gasteiger partial charge on any atom is 0.286 e. The summed E-state index contributed by atoms with van der Waals surface area (Å²) in [6.45, 7) is 1.68. The summed E-state index contributed by atoms with van der Waals surface area (Å²) < 4.78 is 11.5. The van der Waals surface area contributed by atoms with Crippen LogP contribution < -0.4 is 14.8 Å². The Morgan fingerprint density at radius 2 is 1.97 bits per heavy atom. The maximum atomic E-state index is 12.1. The second kappa shape index (κ2) is 9.46. The van der Waals surface area contributed by atoms with Gasteiger partial charge in [-0.15, -0.1) is 0 Å². The molecule has 1 N–H and O–H groups in total. The zero-order valence-electron chi connectivity index (χ0n) is 17.3. The molecule has 6 nitrogen and oxygen atoms in total. The van der Waals surface area contributed by atoms with Crippen LogP contribution in [0.5, 0.6) is 11.5 Å². The van der Waals surface area contributed by atoms with Crippen LogP contribution in [0.25, 0.3) is 16.8 Å². The lowest BCUT2D eigenvalue weighted by molar-refractivity contribution is -0.117. The summed E-state index contributed by atoms with van der Waals surface area (Å²) >= 11 is 7.59. The van der Waals surface area contributed by atoms with E-state index >= 15 is 0 Å². The molecule has 3 aromatic carbocycles. The highest BCUT2D eigenvalue weighted by Crippen LogP contribution is 2.39. The minimum absolute atomic E-state index is 0.252. The molecule has 2 amide bonds. The molecule has 4 rings (SSSR count). The molecule has 1 heterocycles. The Morgan fingerprint density at radius 1 is 1.19 bits per heavy atom. The fourth-order valence-electron chi connectivity index (χ4n) is 3.30. The number of benzene rings is 3. The van der Waals surface area contributed by atoms with Crippen molar-refractivity contribution in [1.82, 2.24) is 5.32 Å². The lowest BCUT2D eigenvalue weighted by Crippen LogP contribution is -2.23. The monoisotopic (exact) mass is 466 g/mol. The van der Waals surface area contributed by atoms with Crippen LogP contribution in [0.15, 0.2) is 64.5 Å². The Balaban J connectivity index is 1.56. The van der Waals surface area contributed by atoms with E-state index in [2.05, 4.69) is 28.5 Å². The van der Waals surface area contributed by atoms with E-state index in [1.165, 1.54) is 14.0 Å². The van der Waals surface area contributed by atoms with Crippen LogP contribution in [-0.2, 0) is 16.2 Å². The summed E-state index contributed by atoms with van der Waals surface area (Å²) in [7, 11) is 1.53. The summed E-state index contributed by atoms with van der Waals surface area (Å²) in [6, 6.07) is 17.6. The minimum Gasteiger partial charge on any atom is -0.493 e. The van der Waals surface area contributed by atoms with E-state index in [4.69, 9.17) is 21.1 Å². The van der Waals surface area contributed by atoms with Crippen LogP contribution in [0.4, 0.5) is 0 Å². The van der Waals surface area contributed by atoms with E-state index in [1.54, 1.807) is 18.2 Å². The number of nitrogens with one attached hydrogen (secondary N) is 1. The van der Waals surface area contributed by atoms with Crippen molar-refractivity contribution in [2.45, 2.75) is 13.5 Å². The first-order valence-electron chi connectivity index (χ1n) is 9.71. The summed E-state index contributed by atoms with van der Waals surface area (Å²) in [5.41, 5.74) is 1.68. The third kappa shape index (κ3) is 4.79. The molecule has 32 heavy (non-hydrogen) atoms. The number of thioether (sulfide) groups is 1. The van der Waals surface area contributed by atoms with Crippen LogP contribution in [0.1, 0.15) is 18.1 Å². The fraction of sp³-hybridized carbons (Fsp3) is 0.125. The largest absolute Gasteiger partial charge is 0.493 e. The van der Waals surface area contributed by atoms with Crippen molar-refractivity contribution < 1.29 is 19.1 Å².